The van der Waals surface area contributed by atoms with E-state index in [1.165, 1.54) is 24.3 Å². The maximum Gasteiger partial charge on any atom is 0.344 e. The van der Waals surface area contributed by atoms with E-state index in [1.54, 1.807) is 12.1 Å². The molecule has 1 aliphatic rings. The first kappa shape index (κ1) is 12.6. The molecule has 110 valence electrons. The van der Waals surface area contributed by atoms with Crippen molar-refractivity contribution >= 4 is 11.0 Å². The van der Waals surface area contributed by atoms with Crippen LogP contribution in [0.15, 0.2) is 45.6 Å². The number of aromatic hydroxyl groups is 2. The summed E-state index contributed by atoms with van der Waals surface area (Å²) in [5.41, 5.74) is 0.156. The van der Waals surface area contributed by atoms with Crippen LogP contribution < -0.4 is 15.1 Å². The van der Waals surface area contributed by atoms with Crippen LogP contribution in [0.4, 0.5) is 0 Å². The summed E-state index contributed by atoms with van der Waals surface area (Å²) in [6.07, 6.45) is 0. The van der Waals surface area contributed by atoms with Gasteiger partial charge in [-0.15, -0.1) is 0 Å². The first-order valence-electron chi connectivity index (χ1n) is 6.52. The topological polar surface area (TPSA) is 89.1 Å². The lowest BCUT2D eigenvalue weighted by molar-refractivity contribution is 0.174. The molecule has 22 heavy (non-hydrogen) atoms. The first-order valence-corrected chi connectivity index (χ1v) is 6.52. The van der Waals surface area contributed by atoms with Gasteiger partial charge in [0.2, 0.25) is 6.79 Å². The Morgan fingerprint density at radius 1 is 0.909 bits per heavy atom. The van der Waals surface area contributed by atoms with Gasteiger partial charge in [-0.3, -0.25) is 0 Å². The van der Waals surface area contributed by atoms with Crippen LogP contribution in [-0.2, 0) is 0 Å². The van der Waals surface area contributed by atoms with E-state index in [-0.39, 0.29) is 29.4 Å². The summed E-state index contributed by atoms with van der Waals surface area (Å²) in [5, 5.41) is 20.2. The molecule has 6 heteroatoms. The standard InChI is InChI=1S/C16H10O6/c17-9-2-1-8-3-11(16(19)22-13(8)4-9)10-5-14-15(6-12(10)18)21-7-20-14/h1-6,17-18H,7H2. The second-order valence-electron chi connectivity index (χ2n) is 4.89. The molecule has 0 amide bonds. The third-order valence-electron chi connectivity index (χ3n) is 3.50. The van der Waals surface area contributed by atoms with Crippen molar-refractivity contribution in [2.45, 2.75) is 0 Å². The molecule has 0 fully saturated rings. The predicted molar refractivity (Wildman–Crippen MR) is 77.4 cm³/mol. The maximum absolute atomic E-state index is 12.2. The van der Waals surface area contributed by atoms with Crippen molar-refractivity contribution in [3.8, 4) is 34.1 Å². The van der Waals surface area contributed by atoms with Gasteiger partial charge in [0.15, 0.2) is 11.5 Å². The molecule has 0 unspecified atom stereocenters. The van der Waals surface area contributed by atoms with E-state index in [9.17, 15) is 15.0 Å². The first-order chi connectivity index (χ1) is 10.6. The molecule has 1 aliphatic heterocycles. The lowest BCUT2D eigenvalue weighted by Crippen LogP contribution is -2.02. The van der Waals surface area contributed by atoms with Crippen LogP contribution in [0, 0.1) is 0 Å². The molecule has 0 atom stereocenters. The fourth-order valence-corrected chi connectivity index (χ4v) is 2.43. The fourth-order valence-electron chi connectivity index (χ4n) is 2.43. The summed E-state index contributed by atoms with van der Waals surface area (Å²) >= 11 is 0. The van der Waals surface area contributed by atoms with Crippen LogP contribution in [0.1, 0.15) is 0 Å². The Balaban J connectivity index is 1.96. The van der Waals surface area contributed by atoms with Crippen molar-refractivity contribution in [1.29, 1.82) is 0 Å². The normalized spacial score (nSPS) is 12.7. The third kappa shape index (κ3) is 1.85. The van der Waals surface area contributed by atoms with Gasteiger partial charge in [0.05, 0.1) is 5.56 Å². The minimum atomic E-state index is -0.618. The van der Waals surface area contributed by atoms with Crippen molar-refractivity contribution in [1.82, 2.24) is 0 Å². The molecule has 0 aliphatic carbocycles. The molecule has 0 bridgehead atoms. The van der Waals surface area contributed by atoms with Gasteiger partial charge in [-0.2, -0.15) is 0 Å². The Hall–Kier alpha value is -3.15. The van der Waals surface area contributed by atoms with Crippen LogP contribution in [0.2, 0.25) is 0 Å². The molecule has 0 spiro atoms. The average Bonchev–Trinajstić information content (AvgIpc) is 2.93. The zero-order valence-corrected chi connectivity index (χ0v) is 11.2. The van der Waals surface area contributed by atoms with Crippen molar-refractivity contribution in [2.75, 3.05) is 6.79 Å². The number of fused-ring (bicyclic) bond motifs is 2. The van der Waals surface area contributed by atoms with Crippen molar-refractivity contribution in [3.05, 3.63) is 46.8 Å². The number of hydrogen-bond acceptors (Lipinski definition) is 6. The molecule has 0 radical (unpaired) electrons. The van der Waals surface area contributed by atoms with Gasteiger partial charge in [0.1, 0.15) is 17.1 Å². The smallest absolute Gasteiger partial charge is 0.344 e. The Labute approximate surface area is 123 Å². The predicted octanol–water partition coefficient (Wildman–Crippen LogP) is 2.60. The third-order valence-corrected chi connectivity index (χ3v) is 3.50. The number of benzene rings is 2. The van der Waals surface area contributed by atoms with E-state index in [2.05, 4.69) is 0 Å². The molecule has 1 aromatic heterocycles. The van der Waals surface area contributed by atoms with E-state index in [1.807, 2.05) is 0 Å². The molecule has 0 saturated carbocycles. The quantitative estimate of drug-likeness (QED) is 0.671. The van der Waals surface area contributed by atoms with Crippen LogP contribution >= 0.6 is 0 Å². The minimum Gasteiger partial charge on any atom is -0.508 e. The van der Waals surface area contributed by atoms with Crippen LogP contribution in [0.5, 0.6) is 23.0 Å². The molecule has 2 N–H and O–H groups in total. The molecule has 2 aromatic carbocycles. The number of phenols is 2. The van der Waals surface area contributed by atoms with E-state index in [0.717, 1.165) is 0 Å². The van der Waals surface area contributed by atoms with E-state index in [0.29, 0.717) is 22.4 Å². The highest BCUT2D eigenvalue weighted by atomic mass is 16.7. The van der Waals surface area contributed by atoms with Gasteiger partial charge < -0.3 is 24.1 Å². The fraction of sp³-hybridized carbons (Fsp3) is 0.0625. The van der Waals surface area contributed by atoms with Crippen LogP contribution in [0.3, 0.4) is 0 Å². The zero-order chi connectivity index (χ0) is 15.3. The summed E-state index contributed by atoms with van der Waals surface area (Å²) in [5.74, 6) is 0.790. The Kier molecular flexibility index (Phi) is 2.53. The molecule has 4 rings (SSSR count). The number of rotatable bonds is 1. The van der Waals surface area contributed by atoms with Gasteiger partial charge in [-0.05, 0) is 24.3 Å². The highest BCUT2D eigenvalue weighted by Gasteiger charge is 2.20. The lowest BCUT2D eigenvalue weighted by Gasteiger charge is -2.06. The maximum atomic E-state index is 12.2. The summed E-state index contributed by atoms with van der Waals surface area (Å²) < 4.78 is 15.6. The number of phenolic OH excluding ortho intramolecular Hbond substituents is 2. The summed E-state index contributed by atoms with van der Waals surface area (Å²) in [4.78, 5) is 12.2. The summed E-state index contributed by atoms with van der Waals surface area (Å²) in [7, 11) is 0. The van der Waals surface area contributed by atoms with Gasteiger partial charge in [-0.1, -0.05) is 0 Å². The Bertz CT molecular complexity index is 957. The van der Waals surface area contributed by atoms with E-state index >= 15 is 0 Å². The highest BCUT2D eigenvalue weighted by molar-refractivity contribution is 5.84. The second-order valence-corrected chi connectivity index (χ2v) is 4.89. The second kappa shape index (κ2) is 4.42. The van der Waals surface area contributed by atoms with E-state index < -0.39 is 5.63 Å². The van der Waals surface area contributed by atoms with Crippen molar-refractivity contribution in [3.63, 3.8) is 0 Å². The van der Waals surface area contributed by atoms with Gasteiger partial charge in [0, 0.05) is 23.1 Å². The minimum absolute atomic E-state index is 0.00864. The molecule has 6 nitrogen and oxygen atoms in total. The number of ether oxygens (including phenoxy) is 2. The largest absolute Gasteiger partial charge is 0.508 e. The Morgan fingerprint density at radius 2 is 1.68 bits per heavy atom. The summed E-state index contributed by atoms with van der Waals surface area (Å²) in [6, 6.07) is 9.01. The molecular weight excluding hydrogens is 288 g/mol. The molecule has 3 aromatic rings. The molecule has 2 heterocycles. The van der Waals surface area contributed by atoms with Crippen LogP contribution in [-0.4, -0.2) is 17.0 Å². The van der Waals surface area contributed by atoms with Gasteiger partial charge in [0.25, 0.3) is 0 Å². The van der Waals surface area contributed by atoms with Gasteiger partial charge >= 0.3 is 5.63 Å². The van der Waals surface area contributed by atoms with Crippen molar-refractivity contribution in [2.24, 2.45) is 0 Å². The SMILES string of the molecule is O=c1oc2cc(O)ccc2cc1-c1cc2c(cc1O)OCO2. The van der Waals surface area contributed by atoms with Crippen LogP contribution in [0.25, 0.3) is 22.1 Å². The lowest BCUT2D eigenvalue weighted by atomic mass is 10.0. The van der Waals surface area contributed by atoms with Crippen molar-refractivity contribution < 1.29 is 24.1 Å². The average molecular weight is 298 g/mol. The zero-order valence-electron chi connectivity index (χ0n) is 11.2. The monoisotopic (exact) mass is 298 g/mol. The molecule has 0 saturated heterocycles. The summed E-state index contributed by atoms with van der Waals surface area (Å²) in [6.45, 7) is 0.0732. The van der Waals surface area contributed by atoms with Gasteiger partial charge in [-0.25, -0.2) is 4.79 Å². The highest BCUT2D eigenvalue weighted by Crippen LogP contribution is 2.41. The Morgan fingerprint density at radius 3 is 2.50 bits per heavy atom. The van der Waals surface area contributed by atoms with E-state index in [4.69, 9.17) is 13.9 Å². The number of hydrogen-bond donors (Lipinski definition) is 2. The molecular formula is C16H10O6.